The fraction of sp³-hybridized carbons (Fsp3) is 0.471. The molecule has 3 nitrogen and oxygen atoms in total. The van der Waals surface area contributed by atoms with Crippen LogP contribution in [0.25, 0.3) is 10.9 Å². The third-order valence-corrected chi connectivity index (χ3v) is 4.88. The number of amides is 1. The van der Waals surface area contributed by atoms with Gasteiger partial charge >= 0.3 is 0 Å². The zero-order valence-corrected chi connectivity index (χ0v) is 12.1. The van der Waals surface area contributed by atoms with Crippen LogP contribution in [-0.4, -0.2) is 16.9 Å². The van der Waals surface area contributed by atoms with Gasteiger partial charge in [-0.1, -0.05) is 20.3 Å². The second kappa shape index (κ2) is 5.31. The molecule has 3 heteroatoms. The lowest BCUT2D eigenvalue weighted by molar-refractivity contribution is 0.0926. The van der Waals surface area contributed by atoms with E-state index in [9.17, 15) is 4.79 Å². The monoisotopic (exact) mass is 270 g/mol. The summed E-state index contributed by atoms with van der Waals surface area (Å²) in [7, 11) is 0. The largest absolute Gasteiger partial charge is 0.361 e. The van der Waals surface area contributed by atoms with E-state index in [4.69, 9.17) is 0 Å². The average molecular weight is 270 g/mol. The van der Waals surface area contributed by atoms with E-state index in [-0.39, 0.29) is 5.91 Å². The number of fused-ring (bicyclic) bond motifs is 1. The Kier molecular flexibility index (Phi) is 3.51. The summed E-state index contributed by atoms with van der Waals surface area (Å²) in [5.74, 6) is 1.40. The zero-order chi connectivity index (χ0) is 14.1. The molecule has 0 bridgehead atoms. The van der Waals surface area contributed by atoms with Crippen molar-refractivity contribution in [2.24, 2.45) is 11.8 Å². The van der Waals surface area contributed by atoms with Crippen LogP contribution in [-0.2, 0) is 0 Å². The molecule has 0 spiro atoms. The third-order valence-electron chi connectivity index (χ3n) is 4.88. The van der Waals surface area contributed by atoms with Gasteiger partial charge in [0.05, 0.1) is 0 Å². The van der Waals surface area contributed by atoms with Crippen molar-refractivity contribution in [1.82, 2.24) is 10.3 Å². The first-order chi connectivity index (χ1) is 9.69. The molecule has 3 unspecified atom stereocenters. The molecule has 1 aromatic carbocycles. The molecule has 3 atom stereocenters. The molecule has 3 rings (SSSR count). The van der Waals surface area contributed by atoms with Crippen LogP contribution in [0.4, 0.5) is 0 Å². The molecule has 1 fully saturated rings. The summed E-state index contributed by atoms with van der Waals surface area (Å²) < 4.78 is 0. The van der Waals surface area contributed by atoms with Crippen molar-refractivity contribution in [3.8, 4) is 0 Å². The first kappa shape index (κ1) is 13.2. The van der Waals surface area contributed by atoms with Crippen molar-refractivity contribution in [2.75, 3.05) is 0 Å². The first-order valence-corrected chi connectivity index (χ1v) is 7.57. The fourth-order valence-electron chi connectivity index (χ4n) is 3.47. The van der Waals surface area contributed by atoms with Crippen LogP contribution in [0, 0.1) is 11.8 Å². The maximum atomic E-state index is 12.4. The predicted molar refractivity (Wildman–Crippen MR) is 81.7 cm³/mol. The average Bonchev–Trinajstić information content (AvgIpc) is 3.05. The number of carbonyl (C=O) groups is 1. The van der Waals surface area contributed by atoms with Crippen molar-refractivity contribution in [2.45, 2.75) is 39.2 Å². The Labute approximate surface area is 119 Å². The maximum Gasteiger partial charge on any atom is 0.251 e. The minimum Gasteiger partial charge on any atom is -0.361 e. The van der Waals surface area contributed by atoms with Gasteiger partial charge in [-0.05, 0) is 48.9 Å². The molecule has 2 N–H and O–H groups in total. The molecule has 1 aromatic heterocycles. The lowest BCUT2D eigenvalue weighted by Gasteiger charge is -2.21. The molecule has 1 amide bonds. The number of carbonyl (C=O) groups excluding carboxylic acids is 1. The van der Waals surface area contributed by atoms with E-state index in [0.29, 0.717) is 12.0 Å². The molecule has 1 aliphatic carbocycles. The summed E-state index contributed by atoms with van der Waals surface area (Å²) in [4.78, 5) is 15.5. The molecule has 1 aliphatic rings. The number of aromatic amines is 1. The molecule has 2 aromatic rings. The molecular weight excluding hydrogens is 248 g/mol. The van der Waals surface area contributed by atoms with E-state index in [0.717, 1.165) is 28.8 Å². The molecular formula is C17H22N2O. The van der Waals surface area contributed by atoms with Gasteiger partial charge in [0.15, 0.2) is 0 Å². The summed E-state index contributed by atoms with van der Waals surface area (Å²) >= 11 is 0. The predicted octanol–water partition coefficient (Wildman–Crippen LogP) is 3.72. The van der Waals surface area contributed by atoms with Gasteiger partial charge in [0, 0.05) is 28.7 Å². The molecule has 1 saturated carbocycles. The van der Waals surface area contributed by atoms with E-state index < -0.39 is 0 Å². The minimum absolute atomic E-state index is 0.0571. The van der Waals surface area contributed by atoms with Crippen LogP contribution < -0.4 is 5.32 Å². The van der Waals surface area contributed by atoms with Gasteiger partial charge in [-0.3, -0.25) is 4.79 Å². The molecule has 1 heterocycles. The Balaban J connectivity index is 1.73. The normalized spacial score (nSPS) is 26.0. The highest BCUT2D eigenvalue weighted by molar-refractivity contribution is 5.98. The van der Waals surface area contributed by atoms with Gasteiger partial charge in [0.2, 0.25) is 0 Å². The van der Waals surface area contributed by atoms with Crippen molar-refractivity contribution in [3.05, 3.63) is 36.0 Å². The summed E-state index contributed by atoms with van der Waals surface area (Å²) in [5, 5.41) is 4.30. The Morgan fingerprint density at radius 2 is 2.20 bits per heavy atom. The number of benzene rings is 1. The topological polar surface area (TPSA) is 44.9 Å². The Bertz CT molecular complexity index is 616. The molecule has 0 aliphatic heterocycles. The number of H-pyrrole nitrogens is 1. The van der Waals surface area contributed by atoms with Gasteiger partial charge in [-0.15, -0.1) is 0 Å². The zero-order valence-electron chi connectivity index (χ0n) is 12.1. The standard InChI is InChI=1S/C17H22N2O/c1-3-12-4-6-15(11(12)2)19-17(20)14-5-7-16-13(10-14)8-9-18-16/h5,7-12,15,18H,3-4,6H2,1-2H3,(H,19,20). The number of hydrogen-bond donors (Lipinski definition) is 2. The van der Waals surface area contributed by atoms with E-state index in [1.807, 2.05) is 30.5 Å². The van der Waals surface area contributed by atoms with Gasteiger partial charge in [-0.2, -0.15) is 0 Å². The van der Waals surface area contributed by atoms with Gasteiger partial charge in [0.1, 0.15) is 0 Å². The maximum absolute atomic E-state index is 12.4. The SMILES string of the molecule is CCC1CCC(NC(=O)c2ccc3[nH]ccc3c2)C1C. The highest BCUT2D eigenvalue weighted by atomic mass is 16.1. The highest BCUT2D eigenvalue weighted by Gasteiger charge is 2.32. The van der Waals surface area contributed by atoms with Crippen LogP contribution in [0.2, 0.25) is 0 Å². The van der Waals surface area contributed by atoms with Crippen molar-refractivity contribution < 1.29 is 4.79 Å². The first-order valence-electron chi connectivity index (χ1n) is 7.57. The quantitative estimate of drug-likeness (QED) is 0.877. The number of hydrogen-bond acceptors (Lipinski definition) is 1. The van der Waals surface area contributed by atoms with Crippen molar-refractivity contribution >= 4 is 16.8 Å². The lowest BCUT2D eigenvalue weighted by Crippen LogP contribution is -2.37. The van der Waals surface area contributed by atoms with Crippen LogP contribution in [0.15, 0.2) is 30.5 Å². The van der Waals surface area contributed by atoms with Crippen molar-refractivity contribution in [3.63, 3.8) is 0 Å². The van der Waals surface area contributed by atoms with E-state index in [2.05, 4.69) is 24.1 Å². The van der Waals surface area contributed by atoms with Crippen LogP contribution in [0.3, 0.4) is 0 Å². The summed E-state index contributed by atoms with van der Waals surface area (Å²) in [6, 6.07) is 8.15. The van der Waals surface area contributed by atoms with Crippen LogP contribution >= 0.6 is 0 Å². The second-order valence-electron chi connectivity index (χ2n) is 5.96. The second-order valence-corrected chi connectivity index (χ2v) is 5.96. The third kappa shape index (κ3) is 2.33. The van der Waals surface area contributed by atoms with E-state index >= 15 is 0 Å². The van der Waals surface area contributed by atoms with Crippen molar-refractivity contribution in [1.29, 1.82) is 0 Å². The number of rotatable bonds is 3. The number of aromatic nitrogens is 1. The van der Waals surface area contributed by atoms with Gasteiger partial charge in [0.25, 0.3) is 5.91 Å². The van der Waals surface area contributed by atoms with Gasteiger partial charge < -0.3 is 10.3 Å². The van der Waals surface area contributed by atoms with E-state index in [1.165, 1.54) is 12.8 Å². The van der Waals surface area contributed by atoms with E-state index in [1.54, 1.807) is 0 Å². The molecule has 0 radical (unpaired) electrons. The Morgan fingerprint density at radius 1 is 1.35 bits per heavy atom. The molecule has 20 heavy (non-hydrogen) atoms. The van der Waals surface area contributed by atoms with Gasteiger partial charge in [-0.25, -0.2) is 0 Å². The minimum atomic E-state index is 0.0571. The lowest BCUT2D eigenvalue weighted by atomic mass is 9.93. The number of nitrogens with one attached hydrogen (secondary N) is 2. The molecule has 0 saturated heterocycles. The smallest absolute Gasteiger partial charge is 0.251 e. The van der Waals surface area contributed by atoms with Crippen LogP contribution in [0.5, 0.6) is 0 Å². The summed E-state index contributed by atoms with van der Waals surface area (Å²) in [6.07, 6.45) is 5.46. The Morgan fingerprint density at radius 3 is 2.95 bits per heavy atom. The summed E-state index contributed by atoms with van der Waals surface area (Å²) in [5.41, 5.74) is 1.83. The molecule has 106 valence electrons. The van der Waals surface area contributed by atoms with Crippen LogP contribution in [0.1, 0.15) is 43.5 Å². The fourth-order valence-corrected chi connectivity index (χ4v) is 3.47. The Hall–Kier alpha value is -1.77. The highest BCUT2D eigenvalue weighted by Crippen LogP contribution is 2.34. The summed E-state index contributed by atoms with van der Waals surface area (Å²) in [6.45, 7) is 4.51.